The Labute approximate surface area is 224 Å². The first-order valence-corrected chi connectivity index (χ1v) is 13.8. The van der Waals surface area contributed by atoms with Crippen molar-refractivity contribution in [2.24, 2.45) is 10.9 Å². The first-order valence-electron chi connectivity index (χ1n) is 12.3. The Morgan fingerprint density at radius 3 is 2.36 bits per heavy atom. The van der Waals surface area contributed by atoms with Gasteiger partial charge in [0.25, 0.3) is 0 Å². The second-order valence-corrected chi connectivity index (χ2v) is 10.8. The molecule has 4 aromatic rings. The first-order chi connectivity index (χ1) is 18.7. The van der Waals surface area contributed by atoms with E-state index in [4.69, 9.17) is 21.0 Å². The van der Waals surface area contributed by atoms with E-state index in [9.17, 15) is 13.2 Å². The molecule has 5 rings (SSSR count). The molecule has 1 fully saturated rings. The van der Waals surface area contributed by atoms with Crippen LogP contribution in [-0.2, 0) is 21.4 Å². The zero-order valence-electron chi connectivity index (χ0n) is 20.8. The average molecular weight is 549 g/mol. The van der Waals surface area contributed by atoms with Gasteiger partial charge >= 0.3 is 0 Å². The van der Waals surface area contributed by atoms with Gasteiger partial charge in [-0.15, -0.1) is 0 Å². The third-order valence-corrected chi connectivity index (χ3v) is 7.07. The number of anilines is 3. The highest BCUT2D eigenvalue weighted by molar-refractivity contribution is 7.89. The number of nitrogens with two attached hydrogens (primary N) is 2. The number of amides is 1. The Kier molecular flexibility index (Phi) is 7.39. The van der Waals surface area contributed by atoms with Crippen molar-refractivity contribution in [1.82, 2.24) is 15.0 Å². The molecule has 1 saturated carbocycles. The lowest BCUT2D eigenvalue weighted by Crippen LogP contribution is -2.38. The van der Waals surface area contributed by atoms with Gasteiger partial charge in [-0.1, -0.05) is 24.3 Å². The summed E-state index contributed by atoms with van der Waals surface area (Å²) in [5.41, 5.74) is 9.79. The van der Waals surface area contributed by atoms with E-state index in [2.05, 4.69) is 25.9 Å². The maximum Gasteiger partial charge on any atom is 0.243 e. The minimum atomic E-state index is -3.75. The number of nitrogens with one attached hydrogen (secondary N) is 3. The fourth-order valence-electron chi connectivity index (χ4n) is 3.80. The van der Waals surface area contributed by atoms with Crippen molar-refractivity contribution in [1.29, 1.82) is 0 Å². The molecule has 0 radical (unpaired) electrons. The summed E-state index contributed by atoms with van der Waals surface area (Å²) in [6.45, 7) is -0.0490. The summed E-state index contributed by atoms with van der Waals surface area (Å²) in [4.78, 5) is 26.1. The molecule has 1 amide bonds. The number of aliphatic hydroxyl groups excluding tert-OH is 1. The predicted molar refractivity (Wildman–Crippen MR) is 148 cm³/mol. The fourth-order valence-corrected chi connectivity index (χ4v) is 4.31. The molecule has 13 heteroatoms. The number of rotatable bonds is 10. The van der Waals surface area contributed by atoms with Crippen LogP contribution in [0, 0.1) is 0 Å². The van der Waals surface area contributed by atoms with Crippen LogP contribution in [0.2, 0.25) is 0 Å². The van der Waals surface area contributed by atoms with E-state index in [1.807, 2.05) is 24.3 Å². The van der Waals surface area contributed by atoms with Gasteiger partial charge in [0.05, 0.1) is 22.7 Å². The van der Waals surface area contributed by atoms with Crippen LogP contribution in [0.1, 0.15) is 18.4 Å². The van der Waals surface area contributed by atoms with Crippen LogP contribution >= 0.6 is 0 Å². The Balaban J connectivity index is 1.37. The predicted octanol–water partition coefficient (Wildman–Crippen LogP) is 1.78. The van der Waals surface area contributed by atoms with E-state index in [0.717, 1.165) is 24.0 Å². The Morgan fingerprint density at radius 2 is 1.72 bits per heavy atom. The molecule has 0 bridgehead atoms. The molecular weight excluding hydrogens is 520 g/mol. The van der Waals surface area contributed by atoms with E-state index >= 15 is 0 Å². The molecule has 2 aromatic carbocycles. The number of sulfonamides is 1. The number of primary sulfonamides is 1. The normalized spacial score (nSPS) is 14.1. The summed E-state index contributed by atoms with van der Waals surface area (Å²) < 4.78 is 23.0. The van der Waals surface area contributed by atoms with Gasteiger partial charge in [-0.25, -0.2) is 23.5 Å². The molecule has 8 N–H and O–H groups in total. The second kappa shape index (κ2) is 10.9. The second-order valence-electron chi connectivity index (χ2n) is 9.28. The lowest BCUT2D eigenvalue weighted by atomic mass is 10.1. The lowest BCUT2D eigenvalue weighted by molar-refractivity contribution is -0.118. The van der Waals surface area contributed by atoms with Gasteiger partial charge in [-0.05, 0) is 54.8 Å². The van der Waals surface area contributed by atoms with Crippen molar-refractivity contribution in [2.75, 3.05) is 22.6 Å². The Hall–Kier alpha value is -4.17. The fraction of sp³-hybridized carbons (Fsp3) is 0.231. The van der Waals surface area contributed by atoms with Gasteiger partial charge in [0.1, 0.15) is 11.6 Å². The number of carbonyl (C=O) groups excluding carboxylic acids is 1. The smallest absolute Gasteiger partial charge is 0.243 e. The molecule has 1 aliphatic rings. The Morgan fingerprint density at radius 1 is 1.00 bits per heavy atom. The minimum Gasteiger partial charge on any atom is -0.394 e. The molecule has 39 heavy (non-hydrogen) atoms. The molecule has 0 saturated heterocycles. The summed E-state index contributed by atoms with van der Waals surface area (Å²) in [5, 5.41) is 23.5. The number of benzene rings is 2. The van der Waals surface area contributed by atoms with Crippen LogP contribution in [0.5, 0.6) is 0 Å². The van der Waals surface area contributed by atoms with Crippen molar-refractivity contribution in [2.45, 2.75) is 36.4 Å². The maximum atomic E-state index is 11.9. The van der Waals surface area contributed by atoms with Gasteiger partial charge in [0.15, 0.2) is 5.82 Å². The maximum absolute atomic E-state index is 11.9. The molecule has 2 heterocycles. The van der Waals surface area contributed by atoms with Crippen LogP contribution in [0.15, 0.2) is 65.6 Å². The zero-order valence-corrected chi connectivity index (χ0v) is 21.6. The largest absolute Gasteiger partial charge is 0.394 e. The van der Waals surface area contributed by atoms with Crippen molar-refractivity contribution >= 4 is 44.4 Å². The van der Waals surface area contributed by atoms with Crippen LogP contribution < -0.4 is 26.8 Å². The van der Waals surface area contributed by atoms with E-state index in [-0.39, 0.29) is 4.90 Å². The van der Waals surface area contributed by atoms with Crippen molar-refractivity contribution < 1.29 is 18.3 Å². The van der Waals surface area contributed by atoms with Gasteiger partial charge in [-0.3, -0.25) is 4.79 Å². The van der Waals surface area contributed by atoms with Crippen LogP contribution in [-0.4, -0.2) is 53.1 Å². The van der Waals surface area contributed by atoms with Crippen LogP contribution in [0.4, 0.5) is 17.5 Å². The molecular formula is C26H28N8O4S. The van der Waals surface area contributed by atoms with E-state index in [0.29, 0.717) is 46.8 Å². The zero-order chi connectivity index (χ0) is 27.6. The number of carbonyl (C=O) groups is 1. The van der Waals surface area contributed by atoms with Gasteiger partial charge in [0.2, 0.25) is 21.9 Å². The minimum absolute atomic E-state index is 0.0521. The number of pyridine rings is 1. The summed E-state index contributed by atoms with van der Waals surface area (Å²) in [7, 11) is -3.75. The molecule has 0 aliphatic heterocycles. The number of aromatic nitrogens is 3. The van der Waals surface area contributed by atoms with Gasteiger partial charge in [0, 0.05) is 23.8 Å². The number of aliphatic hydroxyl groups is 1. The van der Waals surface area contributed by atoms with Crippen LogP contribution in [0.25, 0.3) is 22.3 Å². The highest BCUT2D eigenvalue weighted by Crippen LogP contribution is 2.30. The summed E-state index contributed by atoms with van der Waals surface area (Å²) in [6, 6.07) is 16.5. The molecule has 1 unspecified atom stereocenters. The van der Waals surface area contributed by atoms with Crippen LogP contribution in [0.3, 0.4) is 0 Å². The third kappa shape index (κ3) is 6.46. The van der Waals surface area contributed by atoms with E-state index < -0.39 is 28.6 Å². The molecule has 0 spiro atoms. The summed E-state index contributed by atoms with van der Waals surface area (Å²) >= 11 is 0. The summed E-state index contributed by atoms with van der Waals surface area (Å²) in [6.07, 6.45) is 2.11. The first kappa shape index (κ1) is 26.4. The van der Waals surface area contributed by atoms with Crippen molar-refractivity contribution in [3.63, 3.8) is 0 Å². The topological polar surface area (TPSA) is 198 Å². The van der Waals surface area contributed by atoms with Gasteiger partial charge < -0.3 is 26.8 Å². The quantitative estimate of drug-likeness (QED) is 0.170. The van der Waals surface area contributed by atoms with Crippen molar-refractivity contribution in [3.05, 3.63) is 66.2 Å². The number of hydrogen-bond donors (Lipinski definition) is 6. The molecule has 1 aliphatic carbocycles. The number of fused-ring (bicyclic) bond motifs is 1. The SMILES string of the molecule is NC(CO)C(=O)Nc1ccc(-c2ccc3nc(NCc4ccc(S(N)(=O)=O)cc4)nc(NC4CC4)c3n2)cc1. The molecule has 202 valence electrons. The monoisotopic (exact) mass is 548 g/mol. The van der Waals surface area contributed by atoms with E-state index in [1.54, 1.807) is 24.3 Å². The molecule has 1 atom stereocenters. The molecule has 2 aromatic heterocycles. The van der Waals surface area contributed by atoms with Crippen molar-refractivity contribution in [3.8, 4) is 11.3 Å². The molecule has 12 nitrogen and oxygen atoms in total. The highest BCUT2D eigenvalue weighted by atomic mass is 32.2. The van der Waals surface area contributed by atoms with Gasteiger partial charge in [-0.2, -0.15) is 4.98 Å². The lowest BCUT2D eigenvalue weighted by Gasteiger charge is -2.13. The third-order valence-electron chi connectivity index (χ3n) is 6.14. The average Bonchev–Trinajstić information content (AvgIpc) is 3.75. The Bertz CT molecular complexity index is 1610. The standard InChI is InChI=1S/C26H28N8O4S/c27-20(14-35)25(36)31-18-5-3-16(4-6-18)21-11-12-22-23(32-21)24(30-17-7-8-17)34-26(33-22)29-13-15-1-9-19(10-2-15)39(28,37)38/h1-6,9-12,17,20,35H,7-8,13-14,27H2,(H,31,36)(H2,28,37,38)(H2,29,30,33,34). The van der Waals surface area contributed by atoms with E-state index in [1.165, 1.54) is 12.1 Å². The number of nitrogens with zero attached hydrogens (tertiary/aromatic N) is 3. The summed E-state index contributed by atoms with van der Waals surface area (Å²) in [5.74, 6) is 0.571. The number of hydrogen-bond acceptors (Lipinski definition) is 10. The highest BCUT2D eigenvalue weighted by Gasteiger charge is 2.23.